The molecule has 0 aliphatic rings. The third-order valence-electron chi connectivity index (χ3n) is 2.09. The number of hydrogen-bond donors (Lipinski definition) is 0. The van der Waals surface area contributed by atoms with E-state index in [1.165, 1.54) is 0 Å². The molecule has 0 heterocycles. The van der Waals surface area contributed by atoms with Gasteiger partial charge in [-0.3, -0.25) is 4.79 Å². The Bertz CT molecular complexity index is 143. The van der Waals surface area contributed by atoms with Crippen LogP contribution in [0.5, 0.6) is 0 Å². The fraction of sp³-hybridized carbons (Fsp3) is 0.800. The van der Waals surface area contributed by atoms with Gasteiger partial charge in [0.05, 0.1) is 0 Å². The molecule has 2 nitrogen and oxygen atoms in total. The second-order valence-corrected chi connectivity index (χ2v) is 3.28. The van der Waals surface area contributed by atoms with Gasteiger partial charge in [0, 0.05) is 6.42 Å². The van der Waals surface area contributed by atoms with Crippen molar-refractivity contribution in [2.24, 2.45) is 0 Å². The molecule has 0 spiro atoms. The molecule has 0 saturated heterocycles. The van der Waals surface area contributed by atoms with Crippen molar-refractivity contribution in [1.29, 1.82) is 0 Å². The van der Waals surface area contributed by atoms with Crippen LogP contribution in [0, 0.1) is 6.92 Å². The summed E-state index contributed by atoms with van der Waals surface area (Å²) in [5.74, 6) is -0.201. The van der Waals surface area contributed by atoms with Gasteiger partial charge in [0.1, 0.15) is 5.60 Å². The minimum Gasteiger partial charge on any atom is -0.459 e. The Morgan fingerprint density at radius 1 is 1.50 bits per heavy atom. The highest BCUT2D eigenvalue weighted by molar-refractivity contribution is 5.70. The normalized spacial score (nSPS) is 15.3. The second-order valence-electron chi connectivity index (χ2n) is 3.28. The van der Waals surface area contributed by atoms with Crippen molar-refractivity contribution in [3.05, 3.63) is 6.92 Å². The first-order valence-corrected chi connectivity index (χ1v) is 4.59. The number of esters is 1. The van der Waals surface area contributed by atoms with Gasteiger partial charge in [-0.05, 0) is 26.7 Å². The second kappa shape index (κ2) is 5.18. The lowest BCUT2D eigenvalue weighted by molar-refractivity contribution is -0.158. The Morgan fingerprint density at radius 2 is 2.08 bits per heavy atom. The standard InChI is InChI=1S/C10H19O2/c1-5-8-10(4,7-3)12-9(11)6-2/h2,5-8H2,1,3-4H3. The van der Waals surface area contributed by atoms with E-state index in [1.807, 2.05) is 13.8 Å². The average Bonchev–Trinajstić information content (AvgIpc) is 2.05. The number of ether oxygens (including phenoxy) is 1. The first-order valence-electron chi connectivity index (χ1n) is 4.59. The summed E-state index contributed by atoms with van der Waals surface area (Å²) in [6.07, 6.45) is 3.05. The van der Waals surface area contributed by atoms with Crippen molar-refractivity contribution >= 4 is 5.97 Å². The summed E-state index contributed by atoms with van der Waals surface area (Å²) >= 11 is 0. The zero-order valence-corrected chi connectivity index (χ0v) is 8.35. The lowest BCUT2D eigenvalue weighted by atomic mass is 9.97. The van der Waals surface area contributed by atoms with Gasteiger partial charge in [-0.1, -0.05) is 20.3 Å². The van der Waals surface area contributed by atoms with E-state index >= 15 is 0 Å². The lowest BCUT2D eigenvalue weighted by Crippen LogP contribution is -2.30. The Labute approximate surface area is 75.3 Å². The molecule has 12 heavy (non-hydrogen) atoms. The molecule has 1 radical (unpaired) electrons. The smallest absolute Gasteiger partial charge is 0.306 e. The highest BCUT2D eigenvalue weighted by atomic mass is 16.6. The highest BCUT2D eigenvalue weighted by Gasteiger charge is 2.24. The van der Waals surface area contributed by atoms with Gasteiger partial charge in [-0.25, -0.2) is 0 Å². The van der Waals surface area contributed by atoms with E-state index in [9.17, 15) is 4.79 Å². The van der Waals surface area contributed by atoms with Crippen molar-refractivity contribution < 1.29 is 9.53 Å². The van der Waals surface area contributed by atoms with Gasteiger partial charge < -0.3 is 4.74 Å². The maximum Gasteiger partial charge on any atom is 0.306 e. The quantitative estimate of drug-likeness (QED) is 0.594. The van der Waals surface area contributed by atoms with Crippen LogP contribution < -0.4 is 0 Å². The van der Waals surface area contributed by atoms with E-state index in [4.69, 9.17) is 4.74 Å². The topological polar surface area (TPSA) is 26.3 Å². The maximum absolute atomic E-state index is 11.0. The van der Waals surface area contributed by atoms with E-state index in [0.717, 1.165) is 19.3 Å². The molecule has 1 atom stereocenters. The van der Waals surface area contributed by atoms with Gasteiger partial charge in [-0.15, -0.1) is 0 Å². The predicted molar refractivity (Wildman–Crippen MR) is 49.7 cm³/mol. The summed E-state index contributed by atoms with van der Waals surface area (Å²) in [4.78, 5) is 11.0. The molecule has 0 aliphatic heterocycles. The van der Waals surface area contributed by atoms with Gasteiger partial charge in [-0.2, -0.15) is 0 Å². The molecular weight excluding hydrogens is 152 g/mol. The van der Waals surface area contributed by atoms with Crippen molar-refractivity contribution in [3.8, 4) is 0 Å². The van der Waals surface area contributed by atoms with Gasteiger partial charge in [0.2, 0.25) is 0 Å². The summed E-state index contributed by atoms with van der Waals surface area (Å²) in [7, 11) is 0. The third kappa shape index (κ3) is 3.74. The van der Waals surface area contributed by atoms with E-state index in [0.29, 0.717) is 0 Å². The molecule has 0 aliphatic carbocycles. The molecule has 0 bridgehead atoms. The number of carbonyl (C=O) groups excluding carboxylic acids is 1. The van der Waals surface area contributed by atoms with Crippen molar-refractivity contribution in [2.45, 2.75) is 52.1 Å². The van der Waals surface area contributed by atoms with Gasteiger partial charge in [0.25, 0.3) is 0 Å². The van der Waals surface area contributed by atoms with Crippen molar-refractivity contribution in [1.82, 2.24) is 0 Å². The lowest BCUT2D eigenvalue weighted by Gasteiger charge is -2.27. The Balaban J connectivity index is 4.03. The van der Waals surface area contributed by atoms with Crippen LogP contribution in [-0.4, -0.2) is 11.6 Å². The first-order chi connectivity index (χ1) is 5.58. The molecule has 0 rings (SSSR count). The largest absolute Gasteiger partial charge is 0.459 e. The van der Waals surface area contributed by atoms with E-state index in [1.54, 1.807) is 0 Å². The van der Waals surface area contributed by atoms with Gasteiger partial charge >= 0.3 is 5.97 Å². The molecule has 2 heteroatoms. The molecule has 0 aromatic rings. The molecule has 0 aromatic heterocycles. The van der Waals surface area contributed by atoms with E-state index in [2.05, 4.69) is 13.8 Å². The Morgan fingerprint density at radius 3 is 2.42 bits per heavy atom. The molecule has 0 amide bonds. The summed E-state index contributed by atoms with van der Waals surface area (Å²) in [6, 6.07) is 0. The Hall–Kier alpha value is -0.530. The van der Waals surface area contributed by atoms with Crippen LogP contribution in [0.4, 0.5) is 0 Å². The van der Waals surface area contributed by atoms with E-state index in [-0.39, 0.29) is 18.0 Å². The van der Waals surface area contributed by atoms with Crippen molar-refractivity contribution in [2.75, 3.05) is 0 Å². The number of rotatable bonds is 5. The zero-order chi connectivity index (χ0) is 9.61. The number of carbonyl (C=O) groups is 1. The van der Waals surface area contributed by atoms with Crippen LogP contribution in [-0.2, 0) is 9.53 Å². The fourth-order valence-electron chi connectivity index (χ4n) is 1.15. The maximum atomic E-state index is 11.0. The van der Waals surface area contributed by atoms with Gasteiger partial charge in [0.15, 0.2) is 0 Å². The summed E-state index contributed by atoms with van der Waals surface area (Å²) in [6.45, 7) is 9.59. The first kappa shape index (κ1) is 11.5. The summed E-state index contributed by atoms with van der Waals surface area (Å²) in [5.41, 5.74) is -0.274. The molecule has 0 fully saturated rings. The summed E-state index contributed by atoms with van der Waals surface area (Å²) < 4.78 is 5.28. The van der Waals surface area contributed by atoms with Crippen LogP contribution in [0.1, 0.15) is 46.5 Å². The number of hydrogen-bond acceptors (Lipinski definition) is 2. The van der Waals surface area contributed by atoms with E-state index < -0.39 is 0 Å². The van der Waals surface area contributed by atoms with Crippen LogP contribution in [0.25, 0.3) is 0 Å². The molecular formula is C10H19O2. The fourth-order valence-corrected chi connectivity index (χ4v) is 1.15. The molecule has 71 valence electrons. The minimum atomic E-state index is -0.274. The highest BCUT2D eigenvalue weighted by Crippen LogP contribution is 2.21. The van der Waals surface area contributed by atoms with Crippen LogP contribution in [0.3, 0.4) is 0 Å². The predicted octanol–water partition coefficient (Wildman–Crippen LogP) is 2.72. The molecule has 0 saturated carbocycles. The Kier molecular flexibility index (Phi) is 4.95. The van der Waals surface area contributed by atoms with Crippen molar-refractivity contribution in [3.63, 3.8) is 0 Å². The molecule has 0 N–H and O–H groups in total. The molecule has 1 unspecified atom stereocenters. The monoisotopic (exact) mass is 171 g/mol. The SMILES string of the molecule is [CH2]CC(=O)OC(C)(CC)CCC. The zero-order valence-electron chi connectivity index (χ0n) is 8.35. The van der Waals surface area contributed by atoms with Crippen LogP contribution >= 0.6 is 0 Å². The minimum absolute atomic E-state index is 0.201. The summed E-state index contributed by atoms with van der Waals surface area (Å²) in [5, 5.41) is 0. The average molecular weight is 171 g/mol. The third-order valence-corrected chi connectivity index (χ3v) is 2.09. The van der Waals surface area contributed by atoms with Crippen LogP contribution in [0.15, 0.2) is 0 Å². The molecule has 0 aromatic carbocycles. The van der Waals surface area contributed by atoms with Crippen LogP contribution in [0.2, 0.25) is 0 Å².